The summed E-state index contributed by atoms with van der Waals surface area (Å²) in [5.41, 5.74) is 0.667. The first-order chi connectivity index (χ1) is 14.3. The average molecular weight is 416 g/mol. The molecule has 0 radical (unpaired) electrons. The van der Waals surface area contributed by atoms with E-state index in [0.29, 0.717) is 17.2 Å². The minimum Gasteiger partial charge on any atom is -0.454 e. The molecule has 8 nitrogen and oxygen atoms in total. The maximum Gasteiger partial charge on any atom is 0.329 e. The first-order valence-corrected chi connectivity index (χ1v) is 9.26. The number of halogens is 1. The number of benzene rings is 2. The lowest BCUT2D eigenvalue weighted by molar-refractivity contribution is -0.150. The van der Waals surface area contributed by atoms with Gasteiger partial charge in [-0.05, 0) is 42.3 Å². The molecular weight excluding hydrogens is 395 g/mol. The molecule has 158 valence electrons. The van der Waals surface area contributed by atoms with Crippen LogP contribution in [0.25, 0.3) is 0 Å². The monoisotopic (exact) mass is 416 g/mol. The highest BCUT2D eigenvalue weighted by atomic mass is 19.1. The number of fused-ring (bicyclic) bond motifs is 1. The van der Waals surface area contributed by atoms with Crippen molar-refractivity contribution in [2.24, 2.45) is 5.92 Å². The smallest absolute Gasteiger partial charge is 0.329 e. The SMILES string of the molecule is CC(C)C(NC(=O)c1ccc(F)cc1)C(=O)OCC(=O)Nc1ccc2c(c1)OCO2. The van der Waals surface area contributed by atoms with Crippen LogP contribution in [0.1, 0.15) is 24.2 Å². The highest BCUT2D eigenvalue weighted by Crippen LogP contribution is 2.34. The highest BCUT2D eigenvalue weighted by molar-refractivity contribution is 5.97. The molecule has 1 aliphatic rings. The van der Waals surface area contributed by atoms with Crippen LogP contribution < -0.4 is 20.1 Å². The zero-order valence-electron chi connectivity index (χ0n) is 16.4. The van der Waals surface area contributed by atoms with Crippen LogP contribution in [0.2, 0.25) is 0 Å². The fourth-order valence-electron chi connectivity index (χ4n) is 2.72. The Kier molecular flexibility index (Phi) is 6.51. The normalized spacial score (nSPS) is 12.9. The van der Waals surface area contributed by atoms with Gasteiger partial charge in [-0.15, -0.1) is 0 Å². The van der Waals surface area contributed by atoms with Crippen molar-refractivity contribution in [3.63, 3.8) is 0 Å². The van der Waals surface area contributed by atoms with Crippen LogP contribution in [0.4, 0.5) is 10.1 Å². The zero-order chi connectivity index (χ0) is 21.7. The van der Waals surface area contributed by atoms with Crippen molar-refractivity contribution >= 4 is 23.5 Å². The maximum atomic E-state index is 13.0. The van der Waals surface area contributed by atoms with Gasteiger partial charge < -0.3 is 24.8 Å². The Morgan fingerprint density at radius 3 is 2.47 bits per heavy atom. The van der Waals surface area contributed by atoms with E-state index in [1.54, 1.807) is 32.0 Å². The Labute approximate surface area is 172 Å². The van der Waals surface area contributed by atoms with Crippen LogP contribution in [-0.2, 0) is 14.3 Å². The third-order valence-corrected chi connectivity index (χ3v) is 4.32. The van der Waals surface area contributed by atoms with E-state index in [0.717, 1.165) is 12.1 Å². The second-order valence-electron chi connectivity index (χ2n) is 6.93. The molecule has 1 aliphatic heterocycles. The molecule has 9 heteroatoms. The van der Waals surface area contributed by atoms with E-state index in [2.05, 4.69) is 10.6 Å². The van der Waals surface area contributed by atoms with E-state index >= 15 is 0 Å². The molecule has 0 bridgehead atoms. The van der Waals surface area contributed by atoms with E-state index < -0.39 is 36.2 Å². The number of carbonyl (C=O) groups is 3. The molecule has 1 heterocycles. The summed E-state index contributed by atoms with van der Waals surface area (Å²) in [5.74, 6) is -1.52. The van der Waals surface area contributed by atoms with Crippen LogP contribution in [-0.4, -0.2) is 37.2 Å². The summed E-state index contributed by atoms with van der Waals surface area (Å²) in [6, 6.07) is 8.84. The fourth-order valence-corrected chi connectivity index (χ4v) is 2.72. The maximum absolute atomic E-state index is 13.0. The lowest BCUT2D eigenvalue weighted by Gasteiger charge is -2.20. The van der Waals surface area contributed by atoms with Crippen LogP contribution >= 0.6 is 0 Å². The van der Waals surface area contributed by atoms with Crippen molar-refractivity contribution in [3.8, 4) is 11.5 Å². The minimum atomic E-state index is -0.971. The van der Waals surface area contributed by atoms with E-state index in [4.69, 9.17) is 14.2 Å². The predicted octanol–water partition coefficient (Wildman–Crippen LogP) is 2.49. The number of anilines is 1. The third kappa shape index (κ3) is 5.25. The van der Waals surface area contributed by atoms with Crippen molar-refractivity contribution in [3.05, 3.63) is 53.8 Å². The summed E-state index contributed by atoms with van der Waals surface area (Å²) in [5, 5.41) is 5.15. The fraction of sp³-hybridized carbons (Fsp3) is 0.286. The molecule has 0 fully saturated rings. The summed E-state index contributed by atoms with van der Waals surface area (Å²) in [6.07, 6.45) is 0. The predicted molar refractivity (Wildman–Crippen MR) is 105 cm³/mol. The van der Waals surface area contributed by atoms with Gasteiger partial charge in [-0.3, -0.25) is 9.59 Å². The highest BCUT2D eigenvalue weighted by Gasteiger charge is 2.27. The van der Waals surface area contributed by atoms with Gasteiger partial charge in [-0.2, -0.15) is 0 Å². The van der Waals surface area contributed by atoms with E-state index in [9.17, 15) is 18.8 Å². The number of carbonyl (C=O) groups excluding carboxylic acids is 3. The van der Waals surface area contributed by atoms with E-state index in [1.807, 2.05) is 0 Å². The van der Waals surface area contributed by atoms with Gasteiger partial charge in [0.15, 0.2) is 18.1 Å². The van der Waals surface area contributed by atoms with Gasteiger partial charge in [0.25, 0.3) is 11.8 Å². The Morgan fingerprint density at radius 2 is 1.77 bits per heavy atom. The van der Waals surface area contributed by atoms with Crippen molar-refractivity contribution in [2.75, 3.05) is 18.7 Å². The molecule has 2 N–H and O–H groups in total. The average Bonchev–Trinajstić information content (AvgIpc) is 3.18. The first-order valence-electron chi connectivity index (χ1n) is 9.26. The zero-order valence-corrected chi connectivity index (χ0v) is 16.4. The van der Waals surface area contributed by atoms with Gasteiger partial charge in [0.2, 0.25) is 6.79 Å². The number of ether oxygens (including phenoxy) is 3. The number of hydrogen-bond donors (Lipinski definition) is 2. The number of esters is 1. The third-order valence-electron chi connectivity index (χ3n) is 4.32. The van der Waals surface area contributed by atoms with E-state index in [1.165, 1.54) is 12.1 Å². The molecule has 1 unspecified atom stereocenters. The van der Waals surface area contributed by atoms with Crippen LogP contribution in [0, 0.1) is 11.7 Å². The Morgan fingerprint density at radius 1 is 1.07 bits per heavy atom. The standard InChI is InChI=1S/C21H21FN2O6/c1-12(2)19(24-20(26)13-3-5-14(22)6-4-13)21(27)28-10-18(25)23-15-7-8-16-17(9-15)30-11-29-16/h3-9,12,19H,10-11H2,1-2H3,(H,23,25)(H,24,26). The van der Waals surface area contributed by atoms with E-state index in [-0.39, 0.29) is 18.3 Å². The van der Waals surface area contributed by atoms with Crippen molar-refractivity contribution < 1.29 is 33.0 Å². The molecule has 0 spiro atoms. The topological polar surface area (TPSA) is 103 Å². The van der Waals surface area contributed by atoms with Crippen molar-refractivity contribution in [2.45, 2.75) is 19.9 Å². The van der Waals surface area contributed by atoms with Crippen molar-refractivity contribution in [1.82, 2.24) is 5.32 Å². The number of amides is 2. The Balaban J connectivity index is 1.53. The molecule has 2 aromatic carbocycles. The largest absolute Gasteiger partial charge is 0.454 e. The molecule has 0 saturated heterocycles. The van der Waals surface area contributed by atoms with Gasteiger partial charge in [0.05, 0.1) is 0 Å². The first kappa shape index (κ1) is 21.1. The van der Waals surface area contributed by atoms with Gasteiger partial charge >= 0.3 is 5.97 Å². The molecule has 2 aromatic rings. The second-order valence-corrected chi connectivity index (χ2v) is 6.93. The molecular formula is C21H21FN2O6. The summed E-state index contributed by atoms with van der Waals surface area (Å²) in [6.45, 7) is 3.04. The number of nitrogens with one attached hydrogen (secondary N) is 2. The molecule has 30 heavy (non-hydrogen) atoms. The summed E-state index contributed by atoms with van der Waals surface area (Å²) >= 11 is 0. The lowest BCUT2D eigenvalue weighted by Crippen LogP contribution is -2.45. The van der Waals surface area contributed by atoms with Crippen LogP contribution in [0.3, 0.4) is 0 Å². The van der Waals surface area contributed by atoms with Gasteiger partial charge in [-0.25, -0.2) is 9.18 Å². The Bertz CT molecular complexity index is 945. The Hall–Kier alpha value is -3.62. The lowest BCUT2D eigenvalue weighted by atomic mass is 10.0. The van der Waals surface area contributed by atoms with Gasteiger partial charge in [0.1, 0.15) is 11.9 Å². The van der Waals surface area contributed by atoms with Crippen LogP contribution in [0.5, 0.6) is 11.5 Å². The summed E-state index contributed by atoms with van der Waals surface area (Å²) in [4.78, 5) is 36.8. The molecule has 0 aromatic heterocycles. The van der Waals surface area contributed by atoms with Gasteiger partial charge in [-0.1, -0.05) is 13.8 Å². The molecule has 1 atom stereocenters. The molecule has 2 amide bonds. The number of rotatable bonds is 7. The summed E-state index contributed by atoms with van der Waals surface area (Å²) in [7, 11) is 0. The van der Waals surface area contributed by atoms with Gasteiger partial charge in [0, 0.05) is 17.3 Å². The molecule has 0 saturated carbocycles. The minimum absolute atomic E-state index is 0.116. The molecule has 0 aliphatic carbocycles. The number of hydrogen-bond acceptors (Lipinski definition) is 6. The second kappa shape index (κ2) is 9.25. The van der Waals surface area contributed by atoms with Crippen molar-refractivity contribution in [1.29, 1.82) is 0 Å². The quantitative estimate of drug-likeness (QED) is 0.673. The van der Waals surface area contributed by atoms with Crippen LogP contribution in [0.15, 0.2) is 42.5 Å². The summed E-state index contributed by atoms with van der Waals surface area (Å²) < 4.78 is 28.5. The molecule has 3 rings (SSSR count).